The highest BCUT2D eigenvalue weighted by Crippen LogP contribution is 2.28. The van der Waals surface area contributed by atoms with Crippen LogP contribution in [0.15, 0.2) is 23.1 Å². The van der Waals surface area contributed by atoms with E-state index in [4.69, 9.17) is 4.74 Å². The van der Waals surface area contributed by atoms with Gasteiger partial charge in [-0.3, -0.25) is 0 Å². The van der Waals surface area contributed by atoms with Crippen molar-refractivity contribution in [1.82, 2.24) is 4.31 Å². The van der Waals surface area contributed by atoms with Gasteiger partial charge in [0.15, 0.2) is 0 Å². The van der Waals surface area contributed by atoms with E-state index in [0.717, 1.165) is 43.6 Å². The van der Waals surface area contributed by atoms with Crippen LogP contribution in [0.4, 0.5) is 0 Å². The molecule has 0 aliphatic carbocycles. The Morgan fingerprint density at radius 1 is 1.20 bits per heavy atom. The molecule has 1 aliphatic rings. The van der Waals surface area contributed by atoms with Crippen LogP contribution >= 0.6 is 0 Å². The molecule has 112 valence electrons. The maximum absolute atomic E-state index is 12.7. The Balaban J connectivity index is 2.32. The van der Waals surface area contributed by atoms with E-state index in [1.807, 2.05) is 13.8 Å². The first-order chi connectivity index (χ1) is 9.59. The van der Waals surface area contributed by atoms with Gasteiger partial charge in [0.25, 0.3) is 0 Å². The molecule has 0 fully saturated rings. The number of ether oxygens (including phenoxy) is 1. The van der Waals surface area contributed by atoms with E-state index in [1.54, 1.807) is 22.5 Å². The molecule has 2 rings (SSSR count). The molecule has 4 nitrogen and oxygen atoms in total. The summed E-state index contributed by atoms with van der Waals surface area (Å²) in [5, 5.41) is 0. The van der Waals surface area contributed by atoms with E-state index in [9.17, 15) is 8.42 Å². The molecule has 1 aliphatic heterocycles. The van der Waals surface area contributed by atoms with Crippen LogP contribution in [0.1, 0.15) is 38.7 Å². The molecule has 0 radical (unpaired) electrons. The second-order valence-electron chi connectivity index (χ2n) is 5.13. The van der Waals surface area contributed by atoms with Gasteiger partial charge in [-0.1, -0.05) is 13.8 Å². The van der Waals surface area contributed by atoms with Crippen molar-refractivity contribution in [3.05, 3.63) is 23.8 Å². The molecule has 0 unspecified atom stereocenters. The van der Waals surface area contributed by atoms with E-state index in [2.05, 4.69) is 0 Å². The molecule has 0 atom stereocenters. The minimum Gasteiger partial charge on any atom is -0.493 e. The molecular formula is C15H23NO3S. The molecule has 0 saturated heterocycles. The highest BCUT2D eigenvalue weighted by atomic mass is 32.2. The lowest BCUT2D eigenvalue weighted by atomic mass is 10.1. The van der Waals surface area contributed by atoms with E-state index in [0.29, 0.717) is 18.0 Å². The number of sulfonamides is 1. The molecule has 1 heterocycles. The lowest BCUT2D eigenvalue weighted by Crippen LogP contribution is -2.32. The van der Waals surface area contributed by atoms with Crippen LogP contribution in [0.3, 0.4) is 0 Å². The zero-order valence-corrected chi connectivity index (χ0v) is 13.1. The zero-order chi connectivity index (χ0) is 14.6. The fourth-order valence-electron chi connectivity index (χ4n) is 2.50. The van der Waals surface area contributed by atoms with Crippen LogP contribution in [-0.4, -0.2) is 32.4 Å². The molecule has 20 heavy (non-hydrogen) atoms. The van der Waals surface area contributed by atoms with Gasteiger partial charge < -0.3 is 4.74 Å². The van der Waals surface area contributed by atoms with Gasteiger partial charge >= 0.3 is 0 Å². The molecule has 1 aromatic rings. The summed E-state index contributed by atoms with van der Waals surface area (Å²) >= 11 is 0. The maximum Gasteiger partial charge on any atom is 0.243 e. The summed E-state index contributed by atoms with van der Waals surface area (Å²) in [5.74, 6) is 0.827. The van der Waals surface area contributed by atoms with Crippen molar-refractivity contribution in [2.24, 2.45) is 0 Å². The minimum atomic E-state index is -3.38. The number of aryl methyl sites for hydroxylation is 1. The van der Waals surface area contributed by atoms with Crippen molar-refractivity contribution >= 4 is 10.0 Å². The molecule has 0 N–H and O–H groups in total. The second-order valence-corrected chi connectivity index (χ2v) is 7.06. The Kier molecular flexibility index (Phi) is 5.05. The molecule has 0 amide bonds. The largest absolute Gasteiger partial charge is 0.493 e. The minimum absolute atomic E-state index is 0.392. The lowest BCUT2D eigenvalue weighted by molar-refractivity contribution is 0.288. The maximum atomic E-state index is 12.7. The van der Waals surface area contributed by atoms with Gasteiger partial charge in [0.05, 0.1) is 11.5 Å². The van der Waals surface area contributed by atoms with E-state index < -0.39 is 10.0 Å². The number of fused-ring (bicyclic) bond motifs is 1. The molecular weight excluding hydrogens is 274 g/mol. The molecule has 1 aromatic carbocycles. The van der Waals surface area contributed by atoms with E-state index >= 15 is 0 Å². The summed E-state index contributed by atoms with van der Waals surface area (Å²) in [7, 11) is -3.38. The summed E-state index contributed by atoms with van der Waals surface area (Å²) in [6, 6.07) is 5.23. The number of benzene rings is 1. The average molecular weight is 297 g/mol. The van der Waals surface area contributed by atoms with Gasteiger partial charge in [-0.15, -0.1) is 0 Å². The van der Waals surface area contributed by atoms with Gasteiger partial charge in [0.1, 0.15) is 5.75 Å². The Morgan fingerprint density at radius 3 is 2.55 bits per heavy atom. The van der Waals surface area contributed by atoms with Crippen LogP contribution in [0.2, 0.25) is 0 Å². The van der Waals surface area contributed by atoms with Gasteiger partial charge in [-0.25, -0.2) is 8.42 Å². The van der Waals surface area contributed by atoms with Crippen molar-refractivity contribution < 1.29 is 13.2 Å². The Bertz CT molecular complexity index is 548. The molecule has 0 saturated carbocycles. The fourth-order valence-corrected chi connectivity index (χ4v) is 4.17. The van der Waals surface area contributed by atoms with E-state index in [-0.39, 0.29) is 0 Å². The predicted octanol–water partition coefficient (Wildman–Crippen LogP) is 2.82. The number of nitrogens with zero attached hydrogens (tertiary/aromatic N) is 1. The third-order valence-electron chi connectivity index (χ3n) is 3.46. The third-order valence-corrected chi connectivity index (χ3v) is 5.36. The smallest absolute Gasteiger partial charge is 0.243 e. The van der Waals surface area contributed by atoms with Crippen molar-refractivity contribution in [2.75, 3.05) is 19.7 Å². The topological polar surface area (TPSA) is 46.6 Å². The lowest BCUT2D eigenvalue weighted by Gasteiger charge is -2.23. The summed E-state index contributed by atoms with van der Waals surface area (Å²) in [5.41, 5.74) is 1.00. The Morgan fingerprint density at radius 2 is 1.90 bits per heavy atom. The Hall–Kier alpha value is -1.07. The standard InChI is InChI=1S/C15H23NO3S/c1-3-9-16(10-4-2)20(17,18)14-7-8-15-13(12-14)6-5-11-19-15/h7-8,12H,3-6,9-11H2,1-2H3. The summed E-state index contributed by atoms with van der Waals surface area (Å²) in [6.45, 7) is 5.86. The SMILES string of the molecule is CCCN(CCC)S(=O)(=O)c1ccc2c(c1)CCCO2. The summed E-state index contributed by atoms with van der Waals surface area (Å²) in [4.78, 5) is 0.392. The first kappa shape index (κ1) is 15.3. The number of hydrogen-bond donors (Lipinski definition) is 0. The van der Waals surface area contributed by atoms with Crippen LogP contribution < -0.4 is 4.74 Å². The van der Waals surface area contributed by atoms with Gasteiger partial charge in [0.2, 0.25) is 10.0 Å². The first-order valence-corrected chi connectivity index (χ1v) is 8.79. The number of rotatable bonds is 6. The van der Waals surface area contributed by atoms with Crippen molar-refractivity contribution in [3.63, 3.8) is 0 Å². The van der Waals surface area contributed by atoms with Gasteiger partial charge in [-0.05, 0) is 49.4 Å². The van der Waals surface area contributed by atoms with Crippen LogP contribution in [-0.2, 0) is 16.4 Å². The monoisotopic (exact) mass is 297 g/mol. The van der Waals surface area contributed by atoms with Gasteiger partial charge in [0, 0.05) is 13.1 Å². The fraction of sp³-hybridized carbons (Fsp3) is 0.600. The predicted molar refractivity (Wildman–Crippen MR) is 79.6 cm³/mol. The Labute approximate surface area is 121 Å². The highest BCUT2D eigenvalue weighted by Gasteiger charge is 2.24. The van der Waals surface area contributed by atoms with Gasteiger partial charge in [-0.2, -0.15) is 4.31 Å². The van der Waals surface area contributed by atoms with Crippen LogP contribution in [0, 0.1) is 0 Å². The normalized spacial score (nSPS) is 14.9. The summed E-state index contributed by atoms with van der Waals surface area (Å²) in [6.07, 6.45) is 3.49. The second kappa shape index (κ2) is 6.59. The summed E-state index contributed by atoms with van der Waals surface area (Å²) < 4.78 is 32.5. The van der Waals surface area contributed by atoms with Crippen molar-refractivity contribution in [1.29, 1.82) is 0 Å². The highest BCUT2D eigenvalue weighted by molar-refractivity contribution is 7.89. The molecule has 0 spiro atoms. The van der Waals surface area contributed by atoms with Crippen LogP contribution in [0.25, 0.3) is 0 Å². The molecule has 0 aromatic heterocycles. The van der Waals surface area contributed by atoms with Crippen LogP contribution in [0.5, 0.6) is 5.75 Å². The van der Waals surface area contributed by atoms with Crippen molar-refractivity contribution in [3.8, 4) is 5.75 Å². The first-order valence-electron chi connectivity index (χ1n) is 7.35. The van der Waals surface area contributed by atoms with Crippen molar-refractivity contribution in [2.45, 2.75) is 44.4 Å². The molecule has 5 heteroatoms. The van der Waals surface area contributed by atoms with E-state index in [1.165, 1.54) is 0 Å². The zero-order valence-electron chi connectivity index (χ0n) is 12.3. The molecule has 0 bridgehead atoms. The third kappa shape index (κ3) is 3.15. The average Bonchev–Trinajstić information content (AvgIpc) is 2.46. The number of hydrogen-bond acceptors (Lipinski definition) is 3. The quantitative estimate of drug-likeness (QED) is 0.811.